The molecule has 12 heteroatoms. The summed E-state index contributed by atoms with van der Waals surface area (Å²) in [6.45, 7) is 4.34. The van der Waals surface area contributed by atoms with Crippen molar-refractivity contribution < 1.29 is 52.2 Å². The average Bonchev–Trinajstić information content (AvgIpc) is 3.28. The molecule has 0 aliphatic heterocycles. The number of rotatable bonds is 45. The Hall–Kier alpha value is -3.08. The molecule has 0 aliphatic carbocycles. The number of phosphoric acid groups is 1. The van der Waals surface area contributed by atoms with Gasteiger partial charge in [0.25, 0.3) is 0 Å². The van der Waals surface area contributed by atoms with Gasteiger partial charge in [0.05, 0.1) is 19.8 Å². The third kappa shape index (κ3) is 44.1. The van der Waals surface area contributed by atoms with Crippen molar-refractivity contribution in [2.75, 3.05) is 26.4 Å². The first-order chi connectivity index (χ1) is 31.2. The minimum absolute atomic E-state index is 0.102. The quantitative estimate of drug-likeness (QED) is 0.0197. The molecular weight excluding hydrogens is 832 g/mol. The molecule has 0 saturated carbocycles. The zero-order valence-corrected chi connectivity index (χ0v) is 41.1. The van der Waals surface area contributed by atoms with Crippen molar-refractivity contribution in [1.82, 2.24) is 0 Å². The van der Waals surface area contributed by atoms with E-state index in [1.54, 1.807) is 0 Å². The number of hydrogen-bond acceptors (Lipinski definition) is 10. The number of carbonyl (C=O) groups is 3. The summed E-state index contributed by atoms with van der Waals surface area (Å²) in [7, 11) is -4.76. The molecule has 64 heavy (non-hydrogen) atoms. The molecule has 0 aromatic heterocycles. The van der Waals surface area contributed by atoms with Crippen molar-refractivity contribution in [2.45, 2.75) is 213 Å². The van der Waals surface area contributed by atoms with E-state index >= 15 is 0 Å². The number of aliphatic hydroxyl groups is 1. The highest BCUT2D eigenvalue weighted by molar-refractivity contribution is 7.47. The van der Waals surface area contributed by atoms with Crippen LogP contribution in [0.4, 0.5) is 0 Å². The lowest BCUT2D eigenvalue weighted by Gasteiger charge is -2.21. The zero-order chi connectivity index (χ0) is 47.0. The summed E-state index contributed by atoms with van der Waals surface area (Å²) < 4.78 is 39.2. The van der Waals surface area contributed by atoms with Gasteiger partial charge in [0.15, 0.2) is 6.10 Å². The Morgan fingerprint density at radius 1 is 0.453 bits per heavy atom. The normalized spacial score (nSPS) is 14.1. The minimum atomic E-state index is -4.76. The molecule has 0 spiro atoms. The van der Waals surface area contributed by atoms with Crippen LogP contribution in [-0.4, -0.2) is 66.5 Å². The number of phosphoric ester groups is 1. The second kappa shape index (κ2) is 46.4. The molecule has 0 aromatic carbocycles. The third-order valence-corrected chi connectivity index (χ3v) is 11.0. The minimum Gasteiger partial charge on any atom is -0.462 e. The highest BCUT2D eigenvalue weighted by atomic mass is 31.2. The summed E-state index contributed by atoms with van der Waals surface area (Å²) in [6.07, 6.45) is 49.0. The van der Waals surface area contributed by atoms with Gasteiger partial charge in [-0.2, -0.15) is 0 Å². The summed E-state index contributed by atoms with van der Waals surface area (Å²) in [4.78, 5) is 48.1. The van der Waals surface area contributed by atoms with Gasteiger partial charge in [0.2, 0.25) is 0 Å². The lowest BCUT2D eigenvalue weighted by Crippen LogP contribution is -2.30. The Balaban J connectivity index is 4.86. The molecule has 368 valence electrons. The predicted molar refractivity (Wildman–Crippen MR) is 261 cm³/mol. The molecule has 0 fully saturated rings. The maximum Gasteiger partial charge on any atom is 0.472 e. The van der Waals surface area contributed by atoms with Gasteiger partial charge in [-0.1, -0.05) is 164 Å². The fourth-order valence-corrected chi connectivity index (χ4v) is 7.07. The Morgan fingerprint density at radius 3 is 1.36 bits per heavy atom. The molecular formula is C52H89O11P. The van der Waals surface area contributed by atoms with E-state index in [4.69, 9.17) is 23.3 Å². The monoisotopic (exact) mass is 921 g/mol. The molecule has 0 aliphatic rings. The van der Waals surface area contributed by atoms with Crippen molar-refractivity contribution in [2.24, 2.45) is 0 Å². The van der Waals surface area contributed by atoms with E-state index in [2.05, 4.69) is 81.5 Å². The maximum atomic E-state index is 12.8. The lowest BCUT2D eigenvalue weighted by atomic mass is 10.1. The van der Waals surface area contributed by atoms with Crippen molar-refractivity contribution in [3.05, 3.63) is 72.9 Å². The van der Waals surface area contributed by atoms with Crippen molar-refractivity contribution >= 4 is 25.7 Å². The first-order valence-corrected chi connectivity index (χ1v) is 26.3. The number of allylic oxidation sites excluding steroid dienone is 12. The van der Waals surface area contributed by atoms with Crippen molar-refractivity contribution in [1.29, 1.82) is 0 Å². The van der Waals surface area contributed by atoms with E-state index in [0.29, 0.717) is 19.3 Å². The van der Waals surface area contributed by atoms with Crippen LogP contribution >= 0.6 is 7.82 Å². The van der Waals surface area contributed by atoms with Crippen LogP contribution in [0.3, 0.4) is 0 Å². The van der Waals surface area contributed by atoms with Gasteiger partial charge in [-0.15, -0.1) is 0 Å². The fraction of sp³-hybridized carbons (Fsp3) is 0.712. The van der Waals surface area contributed by atoms with E-state index in [0.717, 1.165) is 103 Å². The Morgan fingerprint density at radius 2 is 0.859 bits per heavy atom. The molecule has 2 N–H and O–H groups in total. The van der Waals surface area contributed by atoms with Crippen molar-refractivity contribution in [3.63, 3.8) is 0 Å². The first-order valence-electron chi connectivity index (χ1n) is 24.8. The molecule has 0 saturated heterocycles. The second-order valence-electron chi connectivity index (χ2n) is 16.2. The average molecular weight is 921 g/mol. The predicted octanol–water partition coefficient (Wildman–Crippen LogP) is 13.8. The number of unbranched alkanes of at least 4 members (excludes halogenated alkanes) is 16. The third-order valence-electron chi connectivity index (χ3n) is 10.1. The summed E-state index contributed by atoms with van der Waals surface area (Å²) in [5.74, 6) is -1.59. The van der Waals surface area contributed by atoms with E-state index in [1.807, 2.05) is 12.2 Å². The molecule has 0 radical (unpaired) electrons. The van der Waals surface area contributed by atoms with Gasteiger partial charge >= 0.3 is 25.7 Å². The first kappa shape index (κ1) is 60.9. The van der Waals surface area contributed by atoms with E-state index in [1.165, 1.54) is 38.5 Å². The highest BCUT2D eigenvalue weighted by Crippen LogP contribution is 2.43. The summed E-state index contributed by atoms with van der Waals surface area (Å²) in [5, 5.41) is 9.74. The van der Waals surface area contributed by atoms with Crippen LogP contribution in [0.1, 0.15) is 201 Å². The summed E-state index contributed by atoms with van der Waals surface area (Å²) in [5.41, 5.74) is 0. The Kier molecular flexibility index (Phi) is 44.2. The molecule has 0 heterocycles. The SMILES string of the molecule is CC/C=C\C/C=C\C/C=C\C/C=C\CCC(=O)OCC(COP(=O)(O)OCC(CO)OC(=O)CCCCCCC/C=C\CCCC)OC(=O)CCCCCCC/C=C\CCCCCC. The number of carbonyl (C=O) groups excluding carboxylic acids is 3. The number of hydrogen-bond donors (Lipinski definition) is 2. The van der Waals surface area contributed by atoms with Crippen LogP contribution in [0.5, 0.6) is 0 Å². The molecule has 0 amide bonds. The molecule has 0 rings (SSSR count). The van der Waals surface area contributed by atoms with Gasteiger partial charge in [0.1, 0.15) is 12.7 Å². The van der Waals surface area contributed by atoms with Crippen LogP contribution < -0.4 is 0 Å². The van der Waals surface area contributed by atoms with Crippen LogP contribution in [0.25, 0.3) is 0 Å². The number of ether oxygens (including phenoxy) is 3. The van der Waals surface area contributed by atoms with E-state index < -0.39 is 57.8 Å². The lowest BCUT2D eigenvalue weighted by molar-refractivity contribution is -0.161. The second-order valence-corrected chi connectivity index (χ2v) is 17.7. The topological polar surface area (TPSA) is 155 Å². The maximum absolute atomic E-state index is 12.8. The van der Waals surface area contributed by atoms with Gasteiger partial charge in [-0.3, -0.25) is 23.4 Å². The number of aliphatic hydroxyl groups excluding tert-OH is 1. The molecule has 11 nitrogen and oxygen atoms in total. The van der Waals surface area contributed by atoms with Crippen LogP contribution in [0.2, 0.25) is 0 Å². The van der Waals surface area contributed by atoms with E-state index in [-0.39, 0.29) is 25.9 Å². The summed E-state index contributed by atoms with van der Waals surface area (Å²) in [6, 6.07) is 0. The smallest absolute Gasteiger partial charge is 0.462 e. The zero-order valence-electron chi connectivity index (χ0n) is 40.2. The highest BCUT2D eigenvalue weighted by Gasteiger charge is 2.28. The van der Waals surface area contributed by atoms with E-state index in [9.17, 15) is 28.9 Å². The molecule has 3 atom stereocenters. The van der Waals surface area contributed by atoms with Crippen LogP contribution in [0, 0.1) is 0 Å². The van der Waals surface area contributed by atoms with Crippen LogP contribution in [-0.2, 0) is 42.2 Å². The molecule has 0 aromatic rings. The van der Waals surface area contributed by atoms with Gasteiger partial charge in [-0.05, 0) is 89.9 Å². The molecule has 3 unspecified atom stereocenters. The standard InChI is InChI=1S/C52H89O11P/c1-4-7-10-13-16-19-22-24-27-29-32-35-38-41-50(54)59-45-49(63-52(56)43-40-37-34-31-28-25-23-20-17-14-11-8-5-2)47-61-64(57,58)60-46-48(44-53)62-51(55)42-39-36-33-30-26-21-18-15-12-9-6-3/h7,10,15-16,18-20,23-24,27,32,35,48-49,53H,4-6,8-9,11-14,17,21-22,25-26,28-31,33-34,36-47H2,1-3H3,(H,57,58)/b10-7-,18-15-,19-16-,23-20-,27-24-,35-32-. The fourth-order valence-electron chi connectivity index (χ4n) is 6.28. The van der Waals surface area contributed by atoms with Gasteiger partial charge in [0, 0.05) is 19.3 Å². The van der Waals surface area contributed by atoms with Crippen LogP contribution in [0.15, 0.2) is 72.9 Å². The largest absolute Gasteiger partial charge is 0.472 e. The number of esters is 3. The van der Waals surface area contributed by atoms with Gasteiger partial charge in [-0.25, -0.2) is 4.57 Å². The van der Waals surface area contributed by atoms with Crippen molar-refractivity contribution in [3.8, 4) is 0 Å². The Bertz CT molecular complexity index is 1350. The molecule has 0 bridgehead atoms. The Labute approximate surface area is 388 Å². The van der Waals surface area contributed by atoms with Gasteiger partial charge < -0.3 is 24.2 Å². The summed E-state index contributed by atoms with van der Waals surface area (Å²) >= 11 is 0.